The van der Waals surface area contributed by atoms with E-state index in [0.29, 0.717) is 0 Å². The quantitative estimate of drug-likeness (QED) is 0.287. The summed E-state index contributed by atoms with van der Waals surface area (Å²) in [5, 5.41) is 0. The second-order valence-electron chi connectivity index (χ2n) is 0.933. The van der Waals surface area contributed by atoms with E-state index in [1.807, 2.05) is 0 Å². The monoisotopic (exact) mass is 180 g/mol. The second-order valence-corrected chi connectivity index (χ2v) is 3.40. The number of nitrogens with two attached hydrogens (primary N) is 3. The third kappa shape index (κ3) is 72.9. The molecule has 0 aliphatic carbocycles. The molecule has 0 rings (SSSR count). The normalized spacial score (nSPS) is 12.0. The standard InChI is InChI=1S/CH6N3.Sn/c2-1(3)4;/h2-4H2;. The second kappa shape index (κ2) is 1.42. The van der Waals surface area contributed by atoms with E-state index in [2.05, 4.69) is 0 Å². The minimum absolute atomic E-state index is 0.910. The zero-order valence-corrected chi connectivity index (χ0v) is 5.59. The molecule has 0 aromatic carbocycles. The van der Waals surface area contributed by atoms with Crippen molar-refractivity contribution in [1.82, 2.24) is 0 Å². The molecule has 3 nitrogen and oxygen atoms in total. The topological polar surface area (TPSA) is 78.1 Å². The van der Waals surface area contributed by atoms with Gasteiger partial charge in [0.25, 0.3) is 0 Å². The fraction of sp³-hybridized carbons (Fsp3) is 1.00. The fourth-order valence-corrected chi connectivity index (χ4v) is 0. The van der Waals surface area contributed by atoms with Crippen LogP contribution in [0.3, 0.4) is 0 Å². The van der Waals surface area contributed by atoms with Gasteiger partial charge in [-0.15, -0.1) is 0 Å². The summed E-state index contributed by atoms with van der Waals surface area (Å²) in [5.74, 6) is 0. The molecule has 29 valence electrons. The van der Waals surface area contributed by atoms with Crippen molar-refractivity contribution < 1.29 is 0 Å². The zero-order chi connectivity index (χ0) is 4.50. The Labute approximate surface area is 44.0 Å². The Morgan fingerprint density at radius 1 is 1.20 bits per heavy atom. The first-order valence-corrected chi connectivity index (χ1v) is 2.54. The molecule has 0 heterocycles. The van der Waals surface area contributed by atoms with Crippen molar-refractivity contribution in [2.75, 3.05) is 0 Å². The summed E-state index contributed by atoms with van der Waals surface area (Å²) in [4.78, 5) is 0. The molecule has 0 saturated carbocycles. The molecule has 3 radical (unpaired) electrons. The van der Waals surface area contributed by atoms with Crippen LogP contribution in [0.1, 0.15) is 0 Å². The average Bonchev–Trinajstić information content (AvgIpc) is 0.722. The van der Waals surface area contributed by atoms with Gasteiger partial charge in [-0.05, 0) is 0 Å². The van der Waals surface area contributed by atoms with Gasteiger partial charge in [0.2, 0.25) is 0 Å². The van der Waals surface area contributed by atoms with Crippen molar-refractivity contribution in [3.05, 3.63) is 0 Å². The van der Waals surface area contributed by atoms with E-state index in [-0.39, 0.29) is 0 Å². The van der Waals surface area contributed by atoms with Crippen molar-refractivity contribution >= 4 is 22.5 Å². The Morgan fingerprint density at radius 2 is 1.20 bits per heavy atom. The van der Waals surface area contributed by atoms with Crippen LogP contribution in [0.15, 0.2) is 0 Å². The van der Waals surface area contributed by atoms with E-state index < -0.39 is 3.80 Å². The van der Waals surface area contributed by atoms with Crippen LogP contribution in [0, 0.1) is 0 Å². The van der Waals surface area contributed by atoms with Gasteiger partial charge in [-0.3, -0.25) is 0 Å². The predicted molar refractivity (Wildman–Crippen MR) is 21.0 cm³/mol. The minimum atomic E-state index is -0.910. The van der Waals surface area contributed by atoms with Crippen molar-refractivity contribution in [1.29, 1.82) is 0 Å². The van der Waals surface area contributed by atoms with Crippen LogP contribution >= 0.6 is 0 Å². The Balaban J connectivity index is 3.02. The number of hydrogen-bond acceptors (Lipinski definition) is 3. The molecule has 0 bridgehead atoms. The first-order valence-electron chi connectivity index (χ1n) is 1.12. The maximum absolute atomic E-state index is 4.95. The molecule has 0 amide bonds. The van der Waals surface area contributed by atoms with Crippen LogP contribution in [-0.2, 0) is 0 Å². The third-order valence-electron chi connectivity index (χ3n) is 0. The van der Waals surface area contributed by atoms with Gasteiger partial charge in [-0.25, -0.2) is 0 Å². The molecule has 5 heavy (non-hydrogen) atoms. The van der Waals surface area contributed by atoms with Crippen LogP contribution in [-0.4, -0.2) is 26.3 Å². The summed E-state index contributed by atoms with van der Waals surface area (Å²) in [6.07, 6.45) is 0. The molecule has 0 aromatic rings. The van der Waals surface area contributed by atoms with Gasteiger partial charge < -0.3 is 0 Å². The van der Waals surface area contributed by atoms with Crippen LogP contribution in [0.2, 0.25) is 0 Å². The molecular formula is CH6N3Sn. The van der Waals surface area contributed by atoms with Crippen LogP contribution < -0.4 is 17.2 Å². The van der Waals surface area contributed by atoms with Gasteiger partial charge in [0.1, 0.15) is 0 Å². The third-order valence-corrected chi connectivity index (χ3v) is 0. The molecular weight excluding hydrogens is 173 g/mol. The predicted octanol–water partition coefficient (Wildman–Crippen LogP) is -2.36. The maximum atomic E-state index is 4.95. The molecule has 0 atom stereocenters. The van der Waals surface area contributed by atoms with E-state index in [4.69, 9.17) is 17.2 Å². The molecule has 0 aromatic heterocycles. The molecule has 0 unspecified atom stereocenters. The van der Waals surface area contributed by atoms with Crippen molar-refractivity contribution in [3.63, 3.8) is 0 Å². The van der Waals surface area contributed by atoms with Gasteiger partial charge in [-0.1, -0.05) is 0 Å². The van der Waals surface area contributed by atoms with E-state index in [1.54, 1.807) is 0 Å². The van der Waals surface area contributed by atoms with Gasteiger partial charge in [-0.2, -0.15) is 0 Å². The summed E-state index contributed by atoms with van der Waals surface area (Å²) in [6, 6.07) is 0. The average molecular weight is 179 g/mol. The first-order chi connectivity index (χ1) is 2.00. The fourth-order valence-electron chi connectivity index (χ4n) is 0. The summed E-state index contributed by atoms with van der Waals surface area (Å²) in [7, 11) is 0. The number of hydrogen-bond donors (Lipinski definition) is 3. The zero-order valence-electron chi connectivity index (χ0n) is 2.73. The van der Waals surface area contributed by atoms with Gasteiger partial charge >= 0.3 is 43.5 Å². The molecule has 0 aliphatic heterocycles. The summed E-state index contributed by atoms with van der Waals surface area (Å²) in [6.45, 7) is 0. The van der Waals surface area contributed by atoms with Crippen molar-refractivity contribution in [2.24, 2.45) is 17.2 Å². The van der Waals surface area contributed by atoms with Gasteiger partial charge in [0.05, 0.1) is 0 Å². The molecule has 6 N–H and O–H groups in total. The van der Waals surface area contributed by atoms with E-state index in [0.717, 1.165) is 22.5 Å². The Kier molecular flexibility index (Phi) is 1.61. The Morgan fingerprint density at radius 3 is 1.20 bits per heavy atom. The molecule has 0 spiro atoms. The number of rotatable bonds is 0. The summed E-state index contributed by atoms with van der Waals surface area (Å²) >= 11 is 0.951. The van der Waals surface area contributed by atoms with Gasteiger partial charge in [0, 0.05) is 0 Å². The molecule has 0 aliphatic rings. The molecule has 4 heteroatoms. The Bertz CT molecular complexity index is 22.4. The van der Waals surface area contributed by atoms with Crippen LogP contribution in [0.5, 0.6) is 0 Å². The Hall–Kier alpha value is 0.679. The summed E-state index contributed by atoms with van der Waals surface area (Å²) < 4.78 is -0.910. The molecule has 0 saturated heterocycles. The van der Waals surface area contributed by atoms with E-state index >= 15 is 0 Å². The van der Waals surface area contributed by atoms with Gasteiger partial charge in [0.15, 0.2) is 0 Å². The first kappa shape index (κ1) is 5.68. The SMILES string of the molecule is N[C](N)(N)[Sn]. The van der Waals surface area contributed by atoms with E-state index in [1.165, 1.54) is 0 Å². The molecule has 0 fully saturated rings. The van der Waals surface area contributed by atoms with E-state index in [9.17, 15) is 0 Å². The van der Waals surface area contributed by atoms with Crippen molar-refractivity contribution in [2.45, 2.75) is 3.80 Å². The van der Waals surface area contributed by atoms with Crippen LogP contribution in [0.4, 0.5) is 0 Å². The van der Waals surface area contributed by atoms with Crippen LogP contribution in [0.25, 0.3) is 0 Å². The summed E-state index contributed by atoms with van der Waals surface area (Å²) in [5.41, 5.74) is 14.8. The van der Waals surface area contributed by atoms with Crippen molar-refractivity contribution in [3.8, 4) is 0 Å².